The molecule has 1 fully saturated rings. The Balaban J connectivity index is 1.58. The second kappa shape index (κ2) is 9.47. The van der Waals surface area contributed by atoms with Crippen LogP contribution in [0, 0.1) is 19.8 Å². The van der Waals surface area contributed by atoms with E-state index < -0.39 is 5.25 Å². The van der Waals surface area contributed by atoms with Crippen LogP contribution in [0.15, 0.2) is 47.4 Å². The molecule has 2 aromatic carbocycles. The van der Waals surface area contributed by atoms with E-state index in [4.69, 9.17) is 0 Å². The third kappa shape index (κ3) is 4.82. The van der Waals surface area contributed by atoms with Gasteiger partial charge in [-0.1, -0.05) is 62.1 Å². The number of nitrogens with one attached hydrogen (secondary N) is 1. The average molecular weight is 437 g/mol. The first-order valence-corrected chi connectivity index (χ1v) is 12.3. The molecule has 2 unspecified atom stereocenters. The zero-order valence-corrected chi connectivity index (χ0v) is 19.5. The molecule has 0 bridgehead atoms. The Labute approximate surface area is 189 Å². The monoisotopic (exact) mass is 436 g/mol. The molecule has 4 rings (SSSR count). The maximum Gasteiger partial charge on any atom is 0.241 e. The van der Waals surface area contributed by atoms with Gasteiger partial charge >= 0.3 is 0 Å². The maximum absolute atomic E-state index is 13.7. The minimum Gasteiger partial charge on any atom is -0.353 e. The fourth-order valence-electron chi connectivity index (χ4n) is 4.58. The van der Waals surface area contributed by atoms with Gasteiger partial charge in [0.2, 0.25) is 11.8 Å². The molecule has 1 heterocycles. The van der Waals surface area contributed by atoms with Crippen LogP contribution in [0.25, 0.3) is 0 Å². The lowest BCUT2D eigenvalue weighted by Crippen LogP contribution is -2.49. The number of amides is 2. The van der Waals surface area contributed by atoms with Crippen LogP contribution in [-0.4, -0.2) is 23.1 Å². The maximum atomic E-state index is 13.7. The number of thioether (sulfide) groups is 1. The highest BCUT2D eigenvalue weighted by Gasteiger charge is 2.40. The van der Waals surface area contributed by atoms with E-state index in [1.807, 2.05) is 30.0 Å². The van der Waals surface area contributed by atoms with Crippen LogP contribution in [0.4, 0.5) is 5.69 Å². The molecule has 31 heavy (non-hydrogen) atoms. The van der Waals surface area contributed by atoms with E-state index in [1.54, 1.807) is 0 Å². The fourth-order valence-corrected chi connectivity index (χ4v) is 5.86. The summed E-state index contributed by atoms with van der Waals surface area (Å²) in [5.74, 6) is -0.353. The lowest BCUT2D eigenvalue weighted by molar-refractivity contribution is -0.129. The molecule has 2 aromatic rings. The van der Waals surface area contributed by atoms with Crippen LogP contribution in [0.5, 0.6) is 0 Å². The highest BCUT2D eigenvalue weighted by Crippen LogP contribution is 2.42. The summed E-state index contributed by atoms with van der Waals surface area (Å²) in [4.78, 5) is 29.6. The van der Waals surface area contributed by atoms with Gasteiger partial charge in [-0.15, -0.1) is 11.8 Å². The van der Waals surface area contributed by atoms with Gasteiger partial charge in [0.05, 0.1) is 18.2 Å². The quantitative estimate of drug-likeness (QED) is 0.683. The van der Waals surface area contributed by atoms with Crippen LogP contribution in [-0.2, 0) is 16.1 Å². The van der Waals surface area contributed by atoms with E-state index in [0.29, 0.717) is 6.54 Å². The van der Waals surface area contributed by atoms with E-state index >= 15 is 0 Å². The van der Waals surface area contributed by atoms with E-state index in [-0.39, 0.29) is 23.8 Å². The number of carbonyl (C=O) groups is 2. The number of hydrogen-bond acceptors (Lipinski definition) is 3. The molecule has 1 aliphatic carbocycles. The van der Waals surface area contributed by atoms with Crippen LogP contribution in [0.2, 0.25) is 0 Å². The van der Waals surface area contributed by atoms with Gasteiger partial charge in [0.15, 0.2) is 0 Å². The molecule has 0 saturated heterocycles. The van der Waals surface area contributed by atoms with Crippen LogP contribution < -0.4 is 10.2 Å². The molecule has 2 aliphatic rings. The Hall–Kier alpha value is -2.27. The summed E-state index contributed by atoms with van der Waals surface area (Å²) in [6.07, 6.45) is 5.70. The summed E-state index contributed by atoms with van der Waals surface area (Å²) < 4.78 is 0. The summed E-state index contributed by atoms with van der Waals surface area (Å²) in [5.41, 5.74) is 4.45. The number of rotatable bonds is 5. The summed E-state index contributed by atoms with van der Waals surface area (Å²) in [7, 11) is 0. The zero-order valence-electron chi connectivity index (χ0n) is 18.7. The number of fused-ring (bicyclic) bond motifs is 1. The number of nitrogens with zero attached hydrogens (tertiary/aromatic N) is 1. The number of benzene rings is 2. The van der Waals surface area contributed by atoms with E-state index in [2.05, 4.69) is 43.4 Å². The standard InChI is InChI=1S/C26H32N2O2S/c1-17-13-14-18(2)20(15-17)16-28-22-11-7-8-12-23(22)31-24(26(28)30)19(3)25(29)27-21-9-5-4-6-10-21/h7-8,11-15,19,21,24H,4-6,9-10,16H2,1-3H3,(H,27,29). The largest absolute Gasteiger partial charge is 0.353 e. The summed E-state index contributed by atoms with van der Waals surface area (Å²) >= 11 is 1.53. The van der Waals surface area contributed by atoms with E-state index in [1.165, 1.54) is 42.2 Å². The van der Waals surface area contributed by atoms with Crippen molar-refractivity contribution >= 4 is 29.3 Å². The molecule has 1 saturated carbocycles. The Morgan fingerprint density at radius 2 is 1.87 bits per heavy atom. The third-order valence-corrected chi connectivity index (χ3v) is 8.03. The van der Waals surface area contributed by atoms with Gasteiger partial charge in [0, 0.05) is 10.9 Å². The van der Waals surface area contributed by atoms with Crippen molar-refractivity contribution in [1.29, 1.82) is 0 Å². The summed E-state index contributed by atoms with van der Waals surface area (Å²) in [5, 5.41) is 2.81. The van der Waals surface area contributed by atoms with E-state index in [9.17, 15) is 9.59 Å². The van der Waals surface area contributed by atoms with E-state index in [0.717, 1.165) is 29.0 Å². The molecule has 2 amide bonds. The smallest absolute Gasteiger partial charge is 0.241 e. The van der Waals surface area contributed by atoms with Crippen molar-refractivity contribution < 1.29 is 9.59 Å². The second-order valence-corrected chi connectivity index (χ2v) is 10.2. The first-order chi connectivity index (χ1) is 14.9. The lowest BCUT2D eigenvalue weighted by Gasteiger charge is -2.36. The molecule has 4 nitrogen and oxygen atoms in total. The summed E-state index contributed by atoms with van der Waals surface area (Å²) in [6, 6.07) is 14.7. The number of anilines is 1. The lowest BCUT2D eigenvalue weighted by atomic mass is 9.94. The predicted octanol–water partition coefficient (Wildman–Crippen LogP) is 5.40. The number of aryl methyl sites for hydroxylation is 2. The van der Waals surface area contributed by atoms with Crippen molar-refractivity contribution in [2.24, 2.45) is 5.92 Å². The molecule has 2 atom stereocenters. The molecule has 0 spiro atoms. The fraction of sp³-hybridized carbons (Fsp3) is 0.462. The molecular weight excluding hydrogens is 404 g/mol. The van der Waals surface area contributed by atoms with Crippen LogP contribution in [0.1, 0.15) is 55.7 Å². The van der Waals surface area contributed by atoms with Gasteiger partial charge in [-0.25, -0.2) is 0 Å². The minimum absolute atomic E-state index is 0.00353. The number of para-hydroxylation sites is 1. The number of carbonyl (C=O) groups excluding carboxylic acids is 2. The SMILES string of the molecule is Cc1ccc(C)c(CN2C(=O)C(C(C)C(=O)NC3CCCCC3)Sc3ccccc32)c1. The van der Waals surface area contributed by atoms with Crippen LogP contribution >= 0.6 is 11.8 Å². The molecule has 0 radical (unpaired) electrons. The van der Waals surface area contributed by atoms with Crippen molar-refractivity contribution in [3.8, 4) is 0 Å². The molecule has 1 N–H and O–H groups in total. The Morgan fingerprint density at radius 3 is 2.65 bits per heavy atom. The molecular formula is C26H32N2O2S. The van der Waals surface area contributed by atoms with Crippen LogP contribution in [0.3, 0.4) is 0 Å². The highest BCUT2D eigenvalue weighted by molar-refractivity contribution is 8.01. The van der Waals surface area contributed by atoms with Gasteiger partial charge in [0.25, 0.3) is 0 Å². The first-order valence-electron chi connectivity index (χ1n) is 11.4. The second-order valence-electron chi connectivity index (χ2n) is 8.99. The third-order valence-electron chi connectivity index (χ3n) is 6.57. The predicted molar refractivity (Wildman–Crippen MR) is 127 cm³/mol. The first kappa shape index (κ1) is 21.9. The summed E-state index contributed by atoms with van der Waals surface area (Å²) in [6.45, 7) is 6.59. The topological polar surface area (TPSA) is 49.4 Å². The Bertz CT molecular complexity index is 968. The minimum atomic E-state index is -0.413. The van der Waals surface area contributed by atoms with Crippen molar-refractivity contribution in [3.63, 3.8) is 0 Å². The van der Waals surface area contributed by atoms with Crippen molar-refractivity contribution in [3.05, 3.63) is 59.2 Å². The molecule has 1 aliphatic heterocycles. The zero-order chi connectivity index (χ0) is 22.0. The van der Waals surface area contributed by atoms with Gasteiger partial charge in [0.1, 0.15) is 5.25 Å². The van der Waals surface area contributed by atoms with Crippen molar-refractivity contribution in [2.75, 3.05) is 4.90 Å². The highest BCUT2D eigenvalue weighted by atomic mass is 32.2. The Morgan fingerprint density at radius 1 is 1.13 bits per heavy atom. The molecule has 5 heteroatoms. The van der Waals surface area contributed by atoms with Gasteiger partial charge in [-0.2, -0.15) is 0 Å². The normalized spacial score (nSPS) is 20.3. The average Bonchev–Trinajstić information content (AvgIpc) is 2.78. The van der Waals surface area contributed by atoms with Gasteiger partial charge in [-0.05, 0) is 49.9 Å². The van der Waals surface area contributed by atoms with Crippen molar-refractivity contribution in [1.82, 2.24) is 5.32 Å². The van der Waals surface area contributed by atoms with Gasteiger partial charge < -0.3 is 10.2 Å². The Kier molecular flexibility index (Phi) is 6.71. The van der Waals surface area contributed by atoms with Crippen molar-refractivity contribution in [2.45, 2.75) is 75.6 Å². The van der Waals surface area contributed by atoms with Gasteiger partial charge in [-0.3, -0.25) is 9.59 Å². The molecule has 0 aromatic heterocycles. The molecule has 164 valence electrons. The number of hydrogen-bond donors (Lipinski definition) is 1.